The minimum Gasteiger partial charge on any atom is -0.456 e. The smallest absolute Gasteiger partial charge is 0.338 e. The van der Waals surface area contributed by atoms with Crippen LogP contribution >= 0.6 is 0 Å². The molecule has 0 aliphatic carbocycles. The first-order valence-electron chi connectivity index (χ1n) is 12.0. The molecule has 4 aromatic rings. The van der Waals surface area contributed by atoms with Gasteiger partial charge >= 0.3 is 5.97 Å². The number of aromatic nitrogens is 3. The fourth-order valence-electron chi connectivity index (χ4n) is 4.16. The third-order valence-corrected chi connectivity index (χ3v) is 7.52. The standard InChI is InChI=1S/C28H32N4O4S/c1-18-7-9-24(10-8-18)37(34,35)32-12-11-25-21(16-30-19(2)26(25)32)15-22-13-20(14-23(31-22)17-29-6)27(33)36-28(3,4)5/h7-14,16,29H,15,17H2,1-6H3. The van der Waals surface area contributed by atoms with Crippen LogP contribution in [-0.4, -0.2) is 41.0 Å². The van der Waals surface area contributed by atoms with Crippen molar-refractivity contribution in [1.29, 1.82) is 0 Å². The lowest BCUT2D eigenvalue weighted by Gasteiger charge is -2.20. The lowest BCUT2D eigenvalue weighted by atomic mass is 10.0. The summed E-state index contributed by atoms with van der Waals surface area (Å²) >= 11 is 0. The van der Waals surface area contributed by atoms with E-state index in [1.807, 2.05) is 34.7 Å². The van der Waals surface area contributed by atoms with E-state index in [0.29, 0.717) is 41.1 Å². The van der Waals surface area contributed by atoms with Crippen LogP contribution in [0.4, 0.5) is 0 Å². The van der Waals surface area contributed by atoms with Gasteiger partial charge in [0.05, 0.1) is 27.4 Å². The van der Waals surface area contributed by atoms with E-state index in [1.54, 1.807) is 61.8 Å². The molecule has 0 aliphatic heterocycles. The van der Waals surface area contributed by atoms with E-state index >= 15 is 0 Å². The normalized spacial score (nSPS) is 12.2. The van der Waals surface area contributed by atoms with Crippen molar-refractivity contribution >= 4 is 26.9 Å². The molecule has 0 radical (unpaired) electrons. The second kappa shape index (κ2) is 10.1. The van der Waals surface area contributed by atoms with Gasteiger partial charge in [0, 0.05) is 36.4 Å². The lowest BCUT2D eigenvalue weighted by Crippen LogP contribution is -2.24. The Kier molecular flexibility index (Phi) is 7.21. The molecule has 0 atom stereocenters. The van der Waals surface area contributed by atoms with Gasteiger partial charge in [-0.15, -0.1) is 0 Å². The number of carbonyl (C=O) groups is 1. The lowest BCUT2D eigenvalue weighted by molar-refractivity contribution is 0.00690. The largest absolute Gasteiger partial charge is 0.456 e. The summed E-state index contributed by atoms with van der Waals surface area (Å²) < 4.78 is 33.8. The van der Waals surface area contributed by atoms with Crippen molar-refractivity contribution in [2.45, 2.75) is 58.1 Å². The van der Waals surface area contributed by atoms with Crippen LogP contribution in [0.15, 0.2) is 59.8 Å². The van der Waals surface area contributed by atoms with Gasteiger partial charge in [0.2, 0.25) is 0 Å². The van der Waals surface area contributed by atoms with Gasteiger partial charge in [-0.05, 0) is 77.6 Å². The minimum atomic E-state index is -3.81. The zero-order valence-electron chi connectivity index (χ0n) is 22.0. The maximum absolute atomic E-state index is 13.5. The Balaban J connectivity index is 1.77. The Bertz CT molecular complexity index is 1570. The second-order valence-electron chi connectivity index (χ2n) is 10.1. The SMILES string of the molecule is CNCc1cc(C(=O)OC(C)(C)C)cc(Cc2cnc(C)c3c2ccn3S(=O)(=O)c2ccc(C)cc2)n1. The number of benzene rings is 1. The summed E-state index contributed by atoms with van der Waals surface area (Å²) in [5, 5.41) is 3.84. The highest BCUT2D eigenvalue weighted by Crippen LogP contribution is 2.28. The first-order valence-corrected chi connectivity index (χ1v) is 13.5. The maximum Gasteiger partial charge on any atom is 0.338 e. The second-order valence-corrected chi connectivity index (χ2v) is 11.9. The number of hydrogen-bond donors (Lipinski definition) is 1. The number of hydrogen-bond acceptors (Lipinski definition) is 7. The van der Waals surface area contributed by atoms with Crippen molar-refractivity contribution < 1.29 is 17.9 Å². The summed E-state index contributed by atoms with van der Waals surface area (Å²) in [6.45, 7) is 9.66. The molecule has 1 N–H and O–H groups in total. The molecule has 0 amide bonds. The first-order chi connectivity index (χ1) is 17.4. The molecular weight excluding hydrogens is 488 g/mol. The van der Waals surface area contributed by atoms with Crippen molar-refractivity contribution in [1.82, 2.24) is 19.3 Å². The number of rotatable bonds is 7. The minimum absolute atomic E-state index is 0.212. The van der Waals surface area contributed by atoms with E-state index in [2.05, 4.69) is 10.3 Å². The van der Waals surface area contributed by atoms with Gasteiger partial charge in [0.25, 0.3) is 10.0 Å². The van der Waals surface area contributed by atoms with Crippen LogP contribution in [0, 0.1) is 13.8 Å². The van der Waals surface area contributed by atoms with Crippen molar-refractivity contribution in [2.75, 3.05) is 7.05 Å². The Morgan fingerprint density at radius 3 is 2.38 bits per heavy atom. The van der Waals surface area contributed by atoms with Crippen molar-refractivity contribution in [2.24, 2.45) is 0 Å². The van der Waals surface area contributed by atoms with Gasteiger partial charge in [-0.1, -0.05) is 17.7 Å². The van der Waals surface area contributed by atoms with Crippen LogP contribution in [0.5, 0.6) is 0 Å². The van der Waals surface area contributed by atoms with E-state index in [4.69, 9.17) is 9.72 Å². The molecule has 0 saturated heterocycles. The molecule has 3 heterocycles. The number of ether oxygens (including phenoxy) is 1. The van der Waals surface area contributed by atoms with E-state index < -0.39 is 21.6 Å². The van der Waals surface area contributed by atoms with Crippen LogP contribution < -0.4 is 5.32 Å². The molecule has 0 bridgehead atoms. The monoisotopic (exact) mass is 520 g/mol. The Labute approximate surface area is 217 Å². The quantitative estimate of drug-likeness (QED) is 0.357. The first kappa shape index (κ1) is 26.5. The highest BCUT2D eigenvalue weighted by atomic mass is 32.2. The molecule has 8 nitrogen and oxygen atoms in total. The number of pyridine rings is 2. The summed E-state index contributed by atoms with van der Waals surface area (Å²) in [6, 6.07) is 12.0. The third-order valence-electron chi connectivity index (χ3n) is 5.83. The summed E-state index contributed by atoms with van der Waals surface area (Å²) in [7, 11) is -2.00. The van der Waals surface area contributed by atoms with Crippen LogP contribution in [0.25, 0.3) is 10.9 Å². The molecule has 4 rings (SSSR count). The summed E-state index contributed by atoms with van der Waals surface area (Å²) in [5.41, 5.74) is 4.08. The van der Waals surface area contributed by atoms with Crippen LogP contribution in [0.3, 0.4) is 0 Å². The molecule has 37 heavy (non-hydrogen) atoms. The summed E-state index contributed by atoms with van der Waals surface area (Å²) in [5.74, 6) is -0.420. The molecule has 0 fully saturated rings. The van der Waals surface area contributed by atoms with E-state index in [-0.39, 0.29) is 4.90 Å². The molecule has 1 aromatic carbocycles. The average molecular weight is 521 g/mol. The number of carbonyl (C=O) groups excluding carboxylic acids is 1. The van der Waals surface area contributed by atoms with E-state index in [0.717, 1.165) is 16.5 Å². The fraction of sp³-hybridized carbons (Fsp3) is 0.321. The molecule has 0 saturated carbocycles. The zero-order valence-corrected chi connectivity index (χ0v) is 22.8. The highest BCUT2D eigenvalue weighted by molar-refractivity contribution is 7.90. The average Bonchev–Trinajstić information content (AvgIpc) is 3.28. The Morgan fingerprint density at radius 2 is 1.73 bits per heavy atom. The topological polar surface area (TPSA) is 103 Å². The summed E-state index contributed by atoms with van der Waals surface area (Å²) in [6.07, 6.45) is 3.67. The van der Waals surface area contributed by atoms with Gasteiger partial charge in [-0.25, -0.2) is 17.2 Å². The van der Waals surface area contributed by atoms with E-state index in [1.165, 1.54) is 3.97 Å². The van der Waals surface area contributed by atoms with Crippen LogP contribution in [0.1, 0.15) is 59.3 Å². The summed E-state index contributed by atoms with van der Waals surface area (Å²) in [4.78, 5) is 22.2. The fourth-order valence-corrected chi connectivity index (χ4v) is 5.56. The van der Waals surface area contributed by atoms with Gasteiger partial charge in [0.15, 0.2) is 0 Å². The molecule has 0 unspecified atom stereocenters. The predicted molar refractivity (Wildman–Crippen MR) is 143 cm³/mol. The predicted octanol–water partition coefficient (Wildman–Crippen LogP) is 4.55. The third kappa shape index (κ3) is 5.73. The molecule has 194 valence electrons. The Hall–Kier alpha value is -3.56. The van der Waals surface area contributed by atoms with Crippen LogP contribution in [-0.2, 0) is 27.7 Å². The van der Waals surface area contributed by atoms with Crippen LogP contribution in [0.2, 0.25) is 0 Å². The number of esters is 1. The number of aryl methyl sites for hydroxylation is 2. The number of nitrogens with one attached hydrogen (secondary N) is 1. The van der Waals surface area contributed by atoms with Gasteiger partial charge in [-0.3, -0.25) is 9.97 Å². The molecule has 0 spiro atoms. The molecular formula is C28H32N4O4S. The van der Waals surface area contributed by atoms with E-state index in [9.17, 15) is 13.2 Å². The zero-order chi connectivity index (χ0) is 27.0. The maximum atomic E-state index is 13.5. The Morgan fingerprint density at radius 1 is 1.05 bits per heavy atom. The van der Waals surface area contributed by atoms with Crippen molar-refractivity contribution in [3.05, 3.63) is 88.6 Å². The van der Waals surface area contributed by atoms with Gasteiger partial charge < -0.3 is 10.1 Å². The highest BCUT2D eigenvalue weighted by Gasteiger charge is 2.23. The van der Waals surface area contributed by atoms with Crippen molar-refractivity contribution in [3.8, 4) is 0 Å². The molecule has 3 aromatic heterocycles. The van der Waals surface area contributed by atoms with Gasteiger partial charge in [0.1, 0.15) is 5.60 Å². The number of nitrogens with zero attached hydrogens (tertiary/aromatic N) is 3. The van der Waals surface area contributed by atoms with Crippen molar-refractivity contribution in [3.63, 3.8) is 0 Å². The molecule has 0 aliphatic rings. The van der Waals surface area contributed by atoms with Gasteiger partial charge in [-0.2, -0.15) is 0 Å². The number of fused-ring (bicyclic) bond motifs is 1. The molecule has 9 heteroatoms.